The number of hydrogen-bond acceptors (Lipinski definition) is 8. The monoisotopic (exact) mass is 401 g/mol. The van der Waals surface area contributed by atoms with E-state index in [1.807, 2.05) is 0 Å². The summed E-state index contributed by atoms with van der Waals surface area (Å²) in [5, 5.41) is 10.7. The van der Waals surface area contributed by atoms with Crippen molar-refractivity contribution in [2.24, 2.45) is 4.99 Å². The predicted molar refractivity (Wildman–Crippen MR) is 108 cm³/mol. The molecule has 0 saturated carbocycles. The van der Waals surface area contributed by atoms with Crippen LogP contribution in [0.25, 0.3) is 0 Å². The van der Waals surface area contributed by atoms with Crippen LogP contribution in [0.2, 0.25) is 0 Å². The molecule has 29 heavy (non-hydrogen) atoms. The molecule has 1 aliphatic rings. The average molecular weight is 401 g/mol. The summed E-state index contributed by atoms with van der Waals surface area (Å²) >= 11 is 0. The van der Waals surface area contributed by atoms with E-state index in [0.29, 0.717) is 37.7 Å². The van der Waals surface area contributed by atoms with E-state index in [9.17, 15) is 14.7 Å². The zero-order valence-corrected chi connectivity index (χ0v) is 16.3. The lowest BCUT2D eigenvalue weighted by Gasteiger charge is -2.29. The van der Waals surface area contributed by atoms with E-state index in [1.54, 1.807) is 43.2 Å². The first-order chi connectivity index (χ1) is 14.0. The van der Waals surface area contributed by atoms with Crippen LogP contribution in [0.1, 0.15) is 22.8 Å². The van der Waals surface area contributed by atoms with Gasteiger partial charge in [0.05, 0.1) is 32.6 Å². The molecular formula is C20H23N3O6. The molecule has 1 aromatic heterocycles. The fourth-order valence-corrected chi connectivity index (χ4v) is 2.94. The molecule has 1 aliphatic heterocycles. The van der Waals surface area contributed by atoms with Crippen LogP contribution in [0.3, 0.4) is 0 Å². The Hall–Kier alpha value is -3.33. The Labute approximate surface area is 167 Å². The van der Waals surface area contributed by atoms with Gasteiger partial charge in [-0.2, -0.15) is 0 Å². The van der Waals surface area contributed by atoms with E-state index >= 15 is 0 Å². The van der Waals surface area contributed by atoms with Crippen molar-refractivity contribution in [3.05, 3.63) is 45.7 Å². The molecule has 0 aliphatic carbocycles. The maximum Gasteiger partial charge on any atom is 0.345 e. The second-order valence-electron chi connectivity index (χ2n) is 6.22. The standard InChI is InChI=1S/C20H23N3O6/c1-3-29-20(26)16-17(24)15(12-21-13-4-6-14(27-2)7-5-13)19(25)22-18(16)23-8-10-28-11-9-23/h4-7,12H,3,8-11H2,1-2H3,(H2,22,24,25). The number of pyridine rings is 1. The van der Waals surface area contributed by atoms with Gasteiger partial charge in [0.25, 0.3) is 5.56 Å². The highest BCUT2D eigenvalue weighted by Gasteiger charge is 2.27. The molecule has 0 spiro atoms. The van der Waals surface area contributed by atoms with Crippen molar-refractivity contribution in [1.29, 1.82) is 0 Å². The number of anilines is 1. The molecule has 3 rings (SSSR count). The number of aromatic amines is 1. The second-order valence-corrected chi connectivity index (χ2v) is 6.22. The lowest BCUT2D eigenvalue weighted by atomic mass is 10.1. The van der Waals surface area contributed by atoms with Crippen LogP contribution < -0.4 is 15.2 Å². The molecule has 0 amide bonds. The molecule has 1 aromatic carbocycles. The van der Waals surface area contributed by atoms with Crippen LogP contribution in [-0.2, 0) is 9.47 Å². The van der Waals surface area contributed by atoms with E-state index in [-0.39, 0.29) is 23.6 Å². The van der Waals surface area contributed by atoms with Gasteiger partial charge in [-0.1, -0.05) is 0 Å². The first kappa shape index (κ1) is 20.4. The zero-order chi connectivity index (χ0) is 20.8. The van der Waals surface area contributed by atoms with E-state index < -0.39 is 17.3 Å². The Morgan fingerprint density at radius 1 is 1.31 bits per heavy atom. The van der Waals surface area contributed by atoms with Gasteiger partial charge in [-0.15, -0.1) is 0 Å². The van der Waals surface area contributed by atoms with Crippen molar-refractivity contribution >= 4 is 23.7 Å². The number of ether oxygens (including phenoxy) is 3. The number of methoxy groups -OCH3 is 1. The number of H-pyrrole nitrogens is 1. The molecule has 0 unspecified atom stereocenters. The highest BCUT2D eigenvalue weighted by molar-refractivity contribution is 6.01. The molecule has 2 N–H and O–H groups in total. The van der Waals surface area contributed by atoms with Crippen molar-refractivity contribution in [2.75, 3.05) is 44.9 Å². The SMILES string of the molecule is CCOC(=O)c1c(N2CCOCC2)[nH]c(=O)c(C=Nc2ccc(OC)cc2)c1O. The van der Waals surface area contributed by atoms with Gasteiger partial charge in [-0.05, 0) is 31.2 Å². The molecule has 9 nitrogen and oxygen atoms in total. The zero-order valence-electron chi connectivity index (χ0n) is 16.3. The number of hydrogen-bond donors (Lipinski definition) is 2. The lowest BCUT2D eigenvalue weighted by Crippen LogP contribution is -2.39. The van der Waals surface area contributed by atoms with Crippen molar-refractivity contribution in [2.45, 2.75) is 6.92 Å². The number of morpholine rings is 1. The summed E-state index contributed by atoms with van der Waals surface area (Å²) in [5.74, 6) is -0.298. The Morgan fingerprint density at radius 3 is 2.62 bits per heavy atom. The van der Waals surface area contributed by atoms with Crippen LogP contribution >= 0.6 is 0 Å². The van der Waals surface area contributed by atoms with Gasteiger partial charge in [0, 0.05) is 19.3 Å². The van der Waals surface area contributed by atoms with Crippen LogP contribution in [0.4, 0.5) is 11.5 Å². The van der Waals surface area contributed by atoms with Crippen molar-refractivity contribution in [3.8, 4) is 11.5 Å². The number of carbonyl (C=O) groups excluding carboxylic acids is 1. The fourth-order valence-electron chi connectivity index (χ4n) is 2.94. The summed E-state index contributed by atoms with van der Waals surface area (Å²) in [6.45, 7) is 3.65. The third-order valence-corrected chi connectivity index (χ3v) is 4.43. The largest absolute Gasteiger partial charge is 0.506 e. The Bertz CT molecular complexity index is 946. The number of benzene rings is 1. The summed E-state index contributed by atoms with van der Waals surface area (Å²) in [6, 6.07) is 6.86. The highest BCUT2D eigenvalue weighted by Crippen LogP contribution is 2.29. The van der Waals surface area contributed by atoms with E-state index in [1.165, 1.54) is 6.21 Å². The van der Waals surface area contributed by atoms with E-state index in [2.05, 4.69) is 9.98 Å². The highest BCUT2D eigenvalue weighted by atomic mass is 16.5. The van der Waals surface area contributed by atoms with Gasteiger partial charge in [-0.3, -0.25) is 9.79 Å². The molecule has 1 saturated heterocycles. The Balaban J connectivity index is 2.02. The number of nitrogens with zero attached hydrogens (tertiary/aromatic N) is 2. The lowest BCUT2D eigenvalue weighted by molar-refractivity contribution is 0.0522. The molecular weight excluding hydrogens is 378 g/mol. The number of rotatable bonds is 6. The summed E-state index contributed by atoms with van der Waals surface area (Å²) < 4.78 is 15.5. The van der Waals surface area contributed by atoms with Crippen LogP contribution in [0.15, 0.2) is 34.1 Å². The van der Waals surface area contributed by atoms with E-state index in [4.69, 9.17) is 14.2 Å². The summed E-state index contributed by atoms with van der Waals surface area (Å²) in [5.41, 5.74) is -0.223. The average Bonchev–Trinajstić information content (AvgIpc) is 2.74. The molecule has 2 heterocycles. The fraction of sp³-hybridized carbons (Fsp3) is 0.350. The van der Waals surface area contributed by atoms with Gasteiger partial charge in [0.15, 0.2) is 0 Å². The maximum atomic E-state index is 12.6. The number of carbonyl (C=O) groups is 1. The minimum absolute atomic E-state index is 0.0930. The first-order valence-electron chi connectivity index (χ1n) is 9.22. The van der Waals surface area contributed by atoms with Gasteiger partial charge >= 0.3 is 5.97 Å². The van der Waals surface area contributed by atoms with Crippen molar-refractivity contribution in [3.63, 3.8) is 0 Å². The third-order valence-electron chi connectivity index (χ3n) is 4.43. The number of aromatic hydroxyl groups is 1. The smallest absolute Gasteiger partial charge is 0.345 e. The molecule has 0 radical (unpaired) electrons. The minimum atomic E-state index is -0.721. The van der Waals surface area contributed by atoms with Crippen LogP contribution in [0.5, 0.6) is 11.5 Å². The van der Waals surface area contributed by atoms with Gasteiger partial charge < -0.3 is 29.2 Å². The molecule has 2 aromatic rings. The van der Waals surface area contributed by atoms with E-state index in [0.717, 1.165) is 0 Å². The van der Waals surface area contributed by atoms with Crippen LogP contribution in [-0.4, -0.2) is 62.3 Å². The minimum Gasteiger partial charge on any atom is -0.506 e. The quantitative estimate of drug-likeness (QED) is 0.561. The molecule has 0 atom stereocenters. The second kappa shape index (κ2) is 9.24. The Morgan fingerprint density at radius 2 is 2.00 bits per heavy atom. The molecule has 9 heteroatoms. The van der Waals surface area contributed by atoms with Crippen molar-refractivity contribution < 1.29 is 24.1 Å². The number of nitrogens with one attached hydrogen (secondary N) is 1. The Kier molecular flexibility index (Phi) is 6.50. The normalized spacial score (nSPS) is 14.2. The summed E-state index contributed by atoms with van der Waals surface area (Å²) in [4.78, 5) is 33.8. The number of esters is 1. The van der Waals surface area contributed by atoms with Gasteiger partial charge in [0.2, 0.25) is 0 Å². The number of aliphatic imine (C=N–C) groups is 1. The van der Waals surface area contributed by atoms with Crippen LogP contribution in [0, 0.1) is 0 Å². The predicted octanol–water partition coefficient (Wildman–Crippen LogP) is 1.85. The van der Waals surface area contributed by atoms with Crippen molar-refractivity contribution in [1.82, 2.24) is 4.98 Å². The van der Waals surface area contributed by atoms with Gasteiger partial charge in [-0.25, -0.2) is 4.79 Å². The topological polar surface area (TPSA) is 113 Å². The number of aromatic nitrogens is 1. The third kappa shape index (κ3) is 4.57. The molecule has 154 valence electrons. The van der Waals surface area contributed by atoms with Gasteiger partial charge in [0.1, 0.15) is 28.4 Å². The maximum absolute atomic E-state index is 12.6. The molecule has 0 bridgehead atoms. The summed E-state index contributed by atoms with van der Waals surface area (Å²) in [6.07, 6.45) is 1.22. The first-order valence-corrected chi connectivity index (χ1v) is 9.22. The molecule has 1 fully saturated rings. The summed E-state index contributed by atoms with van der Waals surface area (Å²) in [7, 11) is 1.56.